The second kappa shape index (κ2) is 4.87. The van der Waals surface area contributed by atoms with Crippen molar-refractivity contribution in [3.63, 3.8) is 0 Å². The minimum atomic E-state index is 0.173. The van der Waals surface area contributed by atoms with E-state index in [0.717, 1.165) is 41.5 Å². The van der Waals surface area contributed by atoms with Gasteiger partial charge in [-0.05, 0) is 38.5 Å². The topological polar surface area (TPSA) is 42.4 Å². The lowest BCUT2D eigenvalue weighted by Crippen LogP contribution is -2.30. The van der Waals surface area contributed by atoms with Crippen LogP contribution < -0.4 is 0 Å². The van der Waals surface area contributed by atoms with Crippen LogP contribution in [0.3, 0.4) is 0 Å². The van der Waals surface area contributed by atoms with Crippen LogP contribution in [0.15, 0.2) is 0 Å². The third kappa shape index (κ3) is 2.30. The Kier molecular flexibility index (Phi) is 3.35. The Balaban J connectivity index is 1.70. The molecular formula is C14H20N2O2S. The van der Waals surface area contributed by atoms with E-state index in [0.29, 0.717) is 17.9 Å². The fourth-order valence-electron chi connectivity index (χ4n) is 3.48. The van der Waals surface area contributed by atoms with E-state index in [1.165, 1.54) is 11.3 Å². The molecule has 5 heteroatoms. The van der Waals surface area contributed by atoms with Gasteiger partial charge < -0.3 is 9.64 Å². The summed E-state index contributed by atoms with van der Waals surface area (Å²) in [4.78, 5) is 19.7. The first kappa shape index (κ1) is 13.1. The number of carbonyl (C=O) groups is 1. The Bertz CT molecular complexity index is 486. The van der Waals surface area contributed by atoms with Crippen molar-refractivity contribution in [2.75, 3.05) is 20.2 Å². The standard InChI is InChI=1S/C14H20N2O2S/c1-8-13(19-9(2)15-8)14(17)16-6-10-4-12(18-3)5-11(10)7-16/h10-12H,4-7H2,1-3H3/t10-,11+,12?. The van der Waals surface area contributed by atoms with Crippen molar-refractivity contribution in [1.82, 2.24) is 9.88 Å². The molecule has 1 aromatic rings. The molecule has 0 bridgehead atoms. The first-order chi connectivity index (χ1) is 9.08. The van der Waals surface area contributed by atoms with Crippen LogP contribution in [-0.2, 0) is 4.74 Å². The number of thiazole rings is 1. The van der Waals surface area contributed by atoms with Crippen molar-refractivity contribution in [3.05, 3.63) is 15.6 Å². The number of likely N-dealkylation sites (tertiary alicyclic amines) is 1. The normalized spacial score (nSPS) is 29.8. The maximum absolute atomic E-state index is 12.5. The van der Waals surface area contributed by atoms with Gasteiger partial charge in [0.2, 0.25) is 0 Å². The highest BCUT2D eigenvalue weighted by Gasteiger charge is 2.42. The predicted molar refractivity (Wildman–Crippen MR) is 74.5 cm³/mol. The van der Waals surface area contributed by atoms with E-state index in [4.69, 9.17) is 4.74 Å². The van der Waals surface area contributed by atoms with Crippen LogP contribution in [0.5, 0.6) is 0 Å². The van der Waals surface area contributed by atoms with E-state index in [1.54, 1.807) is 7.11 Å². The van der Waals surface area contributed by atoms with Gasteiger partial charge in [-0.1, -0.05) is 0 Å². The number of carbonyl (C=O) groups excluding carboxylic acids is 1. The minimum absolute atomic E-state index is 0.173. The number of methoxy groups -OCH3 is 1. The van der Waals surface area contributed by atoms with Crippen LogP contribution >= 0.6 is 11.3 Å². The molecule has 3 atom stereocenters. The molecule has 1 aromatic heterocycles. The summed E-state index contributed by atoms with van der Waals surface area (Å²) in [6.07, 6.45) is 2.61. The maximum atomic E-state index is 12.5. The Morgan fingerprint density at radius 3 is 2.42 bits per heavy atom. The highest BCUT2D eigenvalue weighted by Crippen LogP contribution is 2.40. The lowest BCUT2D eigenvalue weighted by molar-refractivity contribution is 0.0734. The third-order valence-corrected chi connectivity index (χ3v) is 5.49. The van der Waals surface area contributed by atoms with Crippen molar-refractivity contribution in [1.29, 1.82) is 0 Å². The summed E-state index contributed by atoms with van der Waals surface area (Å²) < 4.78 is 5.44. The van der Waals surface area contributed by atoms with Gasteiger partial charge in [0.05, 0.1) is 16.8 Å². The SMILES string of the molecule is COC1C[C@@H]2CN(C(=O)c3sc(C)nc3C)C[C@@H]2C1. The highest BCUT2D eigenvalue weighted by molar-refractivity contribution is 7.13. The van der Waals surface area contributed by atoms with Gasteiger partial charge in [0, 0.05) is 20.2 Å². The van der Waals surface area contributed by atoms with Crippen LogP contribution in [-0.4, -0.2) is 42.1 Å². The number of hydrogen-bond donors (Lipinski definition) is 0. The van der Waals surface area contributed by atoms with Gasteiger partial charge in [-0.25, -0.2) is 4.98 Å². The summed E-state index contributed by atoms with van der Waals surface area (Å²) in [6, 6.07) is 0. The zero-order valence-corrected chi connectivity index (χ0v) is 12.5. The van der Waals surface area contributed by atoms with E-state index in [-0.39, 0.29) is 5.91 Å². The molecular weight excluding hydrogens is 260 g/mol. The van der Waals surface area contributed by atoms with Crippen LogP contribution in [0.25, 0.3) is 0 Å². The average Bonchev–Trinajstić information content (AvgIpc) is 3.00. The Labute approximate surface area is 117 Å². The molecule has 2 fully saturated rings. The lowest BCUT2D eigenvalue weighted by atomic mass is 10.0. The molecule has 0 spiro atoms. The van der Waals surface area contributed by atoms with Crippen molar-refractivity contribution in [2.24, 2.45) is 11.8 Å². The molecule has 19 heavy (non-hydrogen) atoms. The molecule has 1 amide bonds. The summed E-state index contributed by atoms with van der Waals surface area (Å²) in [5.41, 5.74) is 0.874. The van der Waals surface area contributed by atoms with Gasteiger partial charge in [-0.3, -0.25) is 4.79 Å². The minimum Gasteiger partial charge on any atom is -0.381 e. The van der Waals surface area contributed by atoms with E-state index < -0.39 is 0 Å². The fraction of sp³-hybridized carbons (Fsp3) is 0.714. The fourth-order valence-corrected chi connectivity index (χ4v) is 4.36. The largest absolute Gasteiger partial charge is 0.381 e. The summed E-state index contributed by atoms with van der Waals surface area (Å²) in [6.45, 7) is 5.66. The van der Waals surface area contributed by atoms with Gasteiger partial charge in [-0.15, -0.1) is 11.3 Å². The third-order valence-electron chi connectivity index (χ3n) is 4.43. The molecule has 1 aliphatic carbocycles. The van der Waals surface area contributed by atoms with E-state index >= 15 is 0 Å². The van der Waals surface area contributed by atoms with Crippen molar-refractivity contribution >= 4 is 17.2 Å². The van der Waals surface area contributed by atoms with Crippen molar-refractivity contribution in [2.45, 2.75) is 32.8 Å². The van der Waals surface area contributed by atoms with Crippen LogP contribution in [0, 0.1) is 25.7 Å². The summed E-state index contributed by atoms with van der Waals surface area (Å²) >= 11 is 1.52. The monoisotopic (exact) mass is 280 g/mol. The number of aromatic nitrogens is 1. The molecule has 3 rings (SSSR count). The van der Waals surface area contributed by atoms with Gasteiger partial charge in [0.15, 0.2) is 0 Å². The molecule has 2 heterocycles. The summed E-state index contributed by atoms with van der Waals surface area (Å²) in [7, 11) is 1.79. The summed E-state index contributed by atoms with van der Waals surface area (Å²) in [5.74, 6) is 1.43. The molecule has 104 valence electrons. The number of fused-ring (bicyclic) bond motifs is 1. The number of amides is 1. The van der Waals surface area contributed by atoms with Gasteiger partial charge >= 0.3 is 0 Å². The van der Waals surface area contributed by atoms with Crippen molar-refractivity contribution < 1.29 is 9.53 Å². The number of rotatable bonds is 2. The van der Waals surface area contributed by atoms with Crippen molar-refractivity contribution in [3.8, 4) is 0 Å². The van der Waals surface area contributed by atoms with Crippen LogP contribution in [0.1, 0.15) is 33.2 Å². The Morgan fingerprint density at radius 2 is 1.95 bits per heavy atom. The first-order valence-corrected chi connectivity index (χ1v) is 7.66. The molecule has 2 aliphatic rings. The number of hydrogen-bond acceptors (Lipinski definition) is 4. The quantitative estimate of drug-likeness (QED) is 0.834. The van der Waals surface area contributed by atoms with Crippen LogP contribution in [0.2, 0.25) is 0 Å². The predicted octanol–water partition coefficient (Wildman–Crippen LogP) is 2.26. The Hall–Kier alpha value is -0.940. The van der Waals surface area contributed by atoms with Crippen LogP contribution in [0.4, 0.5) is 0 Å². The molecule has 1 aliphatic heterocycles. The molecule has 0 radical (unpaired) electrons. The van der Waals surface area contributed by atoms with Gasteiger partial charge in [0.25, 0.3) is 5.91 Å². The molecule has 4 nitrogen and oxygen atoms in total. The highest BCUT2D eigenvalue weighted by atomic mass is 32.1. The van der Waals surface area contributed by atoms with Gasteiger partial charge in [0.1, 0.15) is 4.88 Å². The van der Waals surface area contributed by atoms with E-state index in [9.17, 15) is 4.79 Å². The number of ether oxygens (including phenoxy) is 1. The maximum Gasteiger partial charge on any atom is 0.265 e. The number of nitrogens with zero attached hydrogens (tertiary/aromatic N) is 2. The molecule has 0 N–H and O–H groups in total. The molecule has 1 saturated heterocycles. The smallest absolute Gasteiger partial charge is 0.265 e. The average molecular weight is 280 g/mol. The first-order valence-electron chi connectivity index (χ1n) is 6.84. The molecule has 0 aromatic carbocycles. The van der Waals surface area contributed by atoms with Gasteiger partial charge in [-0.2, -0.15) is 0 Å². The molecule has 1 saturated carbocycles. The van der Waals surface area contributed by atoms with E-state index in [1.807, 2.05) is 18.7 Å². The lowest BCUT2D eigenvalue weighted by Gasteiger charge is -2.18. The Morgan fingerprint density at radius 1 is 1.32 bits per heavy atom. The molecule has 1 unspecified atom stereocenters. The van der Waals surface area contributed by atoms with E-state index in [2.05, 4.69) is 4.98 Å². The zero-order chi connectivity index (χ0) is 13.6. The zero-order valence-electron chi connectivity index (χ0n) is 11.7. The second-order valence-corrected chi connectivity index (χ2v) is 6.91. The number of aryl methyl sites for hydroxylation is 2. The summed E-state index contributed by atoms with van der Waals surface area (Å²) in [5, 5.41) is 0.972. The second-order valence-electron chi connectivity index (χ2n) is 5.71.